The second-order valence-corrected chi connectivity index (χ2v) is 5.76. The van der Waals surface area contributed by atoms with E-state index in [1.54, 1.807) is 18.2 Å². The number of nitrogens with one attached hydrogen (secondary N) is 1. The van der Waals surface area contributed by atoms with Gasteiger partial charge in [-0.3, -0.25) is 4.72 Å². The molecular formula is C11H14ClNO4S. The number of carbonyl (C=O) groups is 1. The van der Waals surface area contributed by atoms with Gasteiger partial charge in [0.15, 0.2) is 0 Å². The number of hydrogen-bond donors (Lipinski definition) is 1. The molecular weight excluding hydrogens is 278 g/mol. The number of methoxy groups -OCH3 is 1. The Morgan fingerprint density at radius 1 is 1.44 bits per heavy atom. The van der Waals surface area contributed by atoms with Crippen LogP contribution in [0.15, 0.2) is 24.3 Å². The summed E-state index contributed by atoms with van der Waals surface area (Å²) in [6, 6.07) is 6.10. The number of sulfonamides is 1. The average Bonchev–Trinajstić information content (AvgIpc) is 2.35. The molecule has 0 radical (unpaired) electrons. The van der Waals surface area contributed by atoms with Gasteiger partial charge in [-0.1, -0.05) is 6.07 Å². The van der Waals surface area contributed by atoms with Gasteiger partial charge in [-0.25, -0.2) is 13.2 Å². The molecule has 18 heavy (non-hydrogen) atoms. The van der Waals surface area contributed by atoms with Crippen LogP contribution in [0.25, 0.3) is 0 Å². The van der Waals surface area contributed by atoms with Crippen molar-refractivity contribution in [1.82, 2.24) is 0 Å². The topological polar surface area (TPSA) is 72.5 Å². The number of anilines is 1. The van der Waals surface area contributed by atoms with E-state index in [0.29, 0.717) is 12.1 Å². The van der Waals surface area contributed by atoms with E-state index in [1.165, 1.54) is 13.2 Å². The molecule has 0 aliphatic heterocycles. The predicted molar refractivity (Wildman–Crippen MR) is 70.5 cm³/mol. The third-order valence-corrected chi connectivity index (χ3v) is 3.74. The van der Waals surface area contributed by atoms with Crippen molar-refractivity contribution in [3.63, 3.8) is 0 Å². The highest BCUT2D eigenvalue weighted by Gasteiger charge is 2.11. The molecule has 0 aliphatic carbocycles. The quantitative estimate of drug-likeness (QED) is 0.641. The molecule has 5 nitrogen and oxygen atoms in total. The molecule has 0 heterocycles. The molecule has 0 saturated carbocycles. The molecule has 100 valence electrons. The van der Waals surface area contributed by atoms with Gasteiger partial charge in [0.1, 0.15) is 0 Å². The zero-order chi connectivity index (χ0) is 13.6. The zero-order valence-electron chi connectivity index (χ0n) is 9.85. The van der Waals surface area contributed by atoms with E-state index < -0.39 is 16.0 Å². The van der Waals surface area contributed by atoms with E-state index in [-0.39, 0.29) is 17.2 Å². The molecule has 1 N–H and O–H groups in total. The predicted octanol–water partition coefficient (Wildman–Crippen LogP) is 1.84. The summed E-state index contributed by atoms with van der Waals surface area (Å²) in [5.41, 5.74) is 0.613. The van der Waals surface area contributed by atoms with Gasteiger partial charge in [0.05, 0.1) is 18.4 Å². The van der Waals surface area contributed by atoms with Gasteiger partial charge in [0.25, 0.3) is 0 Å². The Hall–Kier alpha value is -1.27. The van der Waals surface area contributed by atoms with Crippen molar-refractivity contribution in [3.8, 4) is 0 Å². The maximum Gasteiger partial charge on any atom is 0.337 e. The van der Waals surface area contributed by atoms with Gasteiger partial charge in [-0.15, -0.1) is 11.6 Å². The van der Waals surface area contributed by atoms with Crippen LogP contribution in [0.5, 0.6) is 0 Å². The lowest BCUT2D eigenvalue weighted by molar-refractivity contribution is 0.0601. The Balaban J connectivity index is 2.82. The van der Waals surface area contributed by atoms with Gasteiger partial charge >= 0.3 is 5.97 Å². The third kappa shape index (κ3) is 4.54. The van der Waals surface area contributed by atoms with Gasteiger partial charge in [-0.2, -0.15) is 0 Å². The second-order valence-electron chi connectivity index (χ2n) is 3.54. The fourth-order valence-corrected chi connectivity index (χ4v) is 2.71. The summed E-state index contributed by atoms with van der Waals surface area (Å²) < 4.78 is 30.2. The summed E-state index contributed by atoms with van der Waals surface area (Å²) in [5.74, 6) is -0.293. The normalized spacial score (nSPS) is 11.0. The highest BCUT2D eigenvalue weighted by atomic mass is 35.5. The average molecular weight is 292 g/mol. The number of carbonyl (C=O) groups excluding carboxylic acids is 1. The Bertz CT molecular complexity index is 516. The van der Waals surface area contributed by atoms with E-state index in [0.717, 1.165) is 0 Å². The summed E-state index contributed by atoms with van der Waals surface area (Å²) in [7, 11) is -2.17. The van der Waals surface area contributed by atoms with Crippen molar-refractivity contribution in [2.45, 2.75) is 6.42 Å². The summed E-state index contributed by atoms with van der Waals surface area (Å²) in [6.07, 6.45) is 0.369. The van der Waals surface area contributed by atoms with E-state index in [4.69, 9.17) is 11.6 Å². The summed E-state index contributed by atoms with van der Waals surface area (Å²) in [6.45, 7) is 0. The van der Waals surface area contributed by atoms with Crippen LogP contribution in [0.4, 0.5) is 5.69 Å². The third-order valence-electron chi connectivity index (χ3n) is 2.10. The molecule has 7 heteroatoms. The number of ether oxygens (including phenoxy) is 1. The van der Waals surface area contributed by atoms with Crippen LogP contribution in [0.1, 0.15) is 16.8 Å². The first-order valence-electron chi connectivity index (χ1n) is 5.23. The fourth-order valence-electron chi connectivity index (χ4n) is 1.30. The van der Waals surface area contributed by atoms with Crippen molar-refractivity contribution >= 4 is 33.3 Å². The van der Waals surface area contributed by atoms with Crippen molar-refractivity contribution in [3.05, 3.63) is 29.8 Å². The van der Waals surface area contributed by atoms with Crippen molar-refractivity contribution < 1.29 is 17.9 Å². The highest BCUT2D eigenvalue weighted by molar-refractivity contribution is 7.92. The van der Waals surface area contributed by atoms with E-state index in [2.05, 4.69) is 9.46 Å². The van der Waals surface area contributed by atoms with E-state index in [9.17, 15) is 13.2 Å². The van der Waals surface area contributed by atoms with Crippen LogP contribution in [0.2, 0.25) is 0 Å². The molecule has 0 spiro atoms. The molecule has 0 aliphatic rings. The smallest absolute Gasteiger partial charge is 0.337 e. The van der Waals surface area contributed by atoms with Crippen LogP contribution in [-0.2, 0) is 14.8 Å². The minimum Gasteiger partial charge on any atom is -0.465 e. The van der Waals surface area contributed by atoms with Crippen LogP contribution >= 0.6 is 11.6 Å². The van der Waals surface area contributed by atoms with Crippen LogP contribution in [-0.4, -0.2) is 33.1 Å². The number of halogens is 1. The largest absolute Gasteiger partial charge is 0.465 e. The molecule has 1 rings (SSSR count). The van der Waals surface area contributed by atoms with Crippen molar-refractivity contribution in [2.75, 3.05) is 23.5 Å². The Morgan fingerprint density at radius 3 is 2.78 bits per heavy atom. The molecule has 0 bridgehead atoms. The monoisotopic (exact) mass is 291 g/mol. The lowest BCUT2D eigenvalue weighted by Gasteiger charge is -2.08. The van der Waals surface area contributed by atoms with Gasteiger partial charge in [0.2, 0.25) is 10.0 Å². The van der Waals surface area contributed by atoms with E-state index in [1.807, 2.05) is 0 Å². The maximum atomic E-state index is 11.6. The van der Waals surface area contributed by atoms with E-state index >= 15 is 0 Å². The standard InChI is InChI=1S/C11H14ClNO4S/c1-17-11(14)9-4-2-5-10(8-9)13-18(15,16)7-3-6-12/h2,4-5,8,13H,3,6-7H2,1H3. The van der Waals surface area contributed by atoms with Gasteiger partial charge in [0, 0.05) is 11.6 Å². The molecule has 1 aromatic rings. The summed E-state index contributed by atoms with van der Waals surface area (Å²) in [4.78, 5) is 11.3. The molecule has 0 amide bonds. The number of hydrogen-bond acceptors (Lipinski definition) is 4. The minimum absolute atomic E-state index is 0.0566. The van der Waals surface area contributed by atoms with Crippen molar-refractivity contribution in [1.29, 1.82) is 0 Å². The number of alkyl halides is 1. The first-order valence-corrected chi connectivity index (χ1v) is 7.42. The van der Waals surface area contributed by atoms with Gasteiger partial charge < -0.3 is 4.74 Å². The Labute approximate surface area is 111 Å². The van der Waals surface area contributed by atoms with Crippen LogP contribution in [0, 0.1) is 0 Å². The molecule has 0 saturated heterocycles. The number of esters is 1. The molecule has 0 aromatic heterocycles. The first-order chi connectivity index (χ1) is 8.48. The zero-order valence-corrected chi connectivity index (χ0v) is 11.4. The molecule has 0 atom stereocenters. The fraction of sp³-hybridized carbons (Fsp3) is 0.364. The molecule has 0 fully saturated rings. The van der Waals surface area contributed by atoms with Crippen LogP contribution < -0.4 is 4.72 Å². The Kier molecular flexibility index (Phi) is 5.43. The summed E-state index contributed by atoms with van der Waals surface area (Å²) >= 11 is 5.44. The maximum absolute atomic E-state index is 11.6. The lowest BCUT2D eigenvalue weighted by atomic mass is 10.2. The van der Waals surface area contributed by atoms with Gasteiger partial charge in [-0.05, 0) is 24.6 Å². The second kappa shape index (κ2) is 6.61. The Morgan fingerprint density at radius 2 is 2.17 bits per heavy atom. The summed E-state index contributed by atoms with van der Waals surface area (Å²) in [5, 5.41) is 0. The highest BCUT2D eigenvalue weighted by Crippen LogP contribution is 2.13. The SMILES string of the molecule is COC(=O)c1cccc(NS(=O)(=O)CCCCl)c1. The molecule has 0 unspecified atom stereocenters. The number of rotatable bonds is 6. The molecule has 1 aromatic carbocycles. The number of benzene rings is 1. The van der Waals surface area contributed by atoms with Crippen LogP contribution in [0.3, 0.4) is 0 Å². The lowest BCUT2D eigenvalue weighted by Crippen LogP contribution is -2.17. The first kappa shape index (κ1) is 14.8. The van der Waals surface area contributed by atoms with Crippen molar-refractivity contribution in [2.24, 2.45) is 0 Å². The minimum atomic E-state index is -3.43.